The van der Waals surface area contributed by atoms with Crippen molar-refractivity contribution in [3.05, 3.63) is 206 Å². The standard InChI is InChI=1S/C52H34/c1-3-14-37(15-4-1)51-49-33-45(42-21-11-20-41(32-42)43-24-22-35-12-7-9-18-39(35)30-43)26-28-47(49)48-29-27-46(34-50(48)52(51)38-16-5-2-6-17-38)44-25-23-36-13-8-10-19-40(36)31-44/h1-34H. The van der Waals surface area contributed by atoms with E-state index in [-0.39, 0.29) is 0 Å². The van der Waals surface area contributed by atoms with Crippen LogP contribution in [0.15, 0.2) is 206 Å². The third-order valence-electron chi connectivity index (χ3n) is 10.6. The molecule has 0 fully saturated rings. The number of hydrogen-bond acceptors (Lipinski definition) is 0. The van der Waals surface area contributed by atoms with Gasteiger partial charge in [-0.15, -0.1) is 0 Å². The molecule has 0 bridgehead atoms. The van der Waals surface area contributed by atoms with Gasteiger partial charge in [0.05, 0.1) is 0 Å². The van der Waals surface area contributed by atoms with E-state index in [0.29, 0.717) is 0 Å². The van der Waals surface area contributed by atoms with E-state index in [9.17, 15) is 0 Å². The SMILES string of the molecule is c1ccc(-c2c(-c3ccccc3)c3cc(-c4ccc5ccccc5c4)ccc3c3ccc(-c4cccc(-c5ccc6ccccc6c5)c4)cc23)cc1. The van der Waals surface area contributed by atoms with Gasteiger partial charge in [-0.1, -0.05) is 176 Å². The molecule has 0 saturated heterocycles. The Balaban J connectivity index is 1.22. The van der Waals surface area contributed by atoms with E-state index in [1.165, 1.54) is 98.7 Å². The Morgan fingerprint density at radius 1 is 0.173 bits per heavy atom. The largest absolute Gasteiger partial charge is 0.0622 e. The summed E-state index contributed by atoms with van der Waals surface area (Å²) in [7, 11) is 0. The fraction of sp³-hybridized carbons (Fsp3) is 0. The molecule has 10 aromatic rings. The van der Waals surface area contributed by atoms with Gasteiger partial charge in [0.25, 0.3) is 0 Å². The highest BCUT2D eigenvalue weighted by molar-refractivity contribution is 6.22. The molecule has 0 atom stereocenters. The molecule has 0 nitrogen and oxygen atoms in total. The first-order valence-corrected chi connectivity index (χ1v) is 18.0. The van der Waals surface area contributed by atoms with Gasteiger partial charge in [0.2, 0.25) is 0 Å². The quantitative estimate of drug-likeness (QED) is 0.161. The Hall–Kier alpha value is -6.76. The van der Waals surface area contributed by atoms with Gasteiger partial charge in [0.15, 0.2) is 0 Å². The Morgan fingerprint density at radius 2 is 0.519 bits per heavy atom. The van der Waals surface area contributed by atoms with E-state index >= 15 is 0 Å². The van der Waals surface area contributed by atoms with Crippen LogP contribution in [0.25, 0.3) is 98.7 Å². The predicted octanol–water partition coefficient (Wildman–Crippen LogP) is 14.6. The van der Waals surface area contributed by atoms with Crippen LogP contribution in [0, 0.1) is 0 Å². The van der Waals surface area contributed by atoms with Crippen LogP contribution in [0.3, 0.4) is 0 Å². The molecule has 0 unspecified atom stereocenters. The van der Waals surface area contributed by atoms with E-state index in [4.69, 9.17) is 0 Å². The lowest BCUT2D eigenvalue weighted by Gasteiger charge is -2.20. The molecule has 0 aromatic heterocycles. The van der Waals surface area contributed by atoms with E-state index < -0.39 is 0 Å². The number of fused-ring (bicyclic) bond motifs is 5. The van der Waals surface area contributed by atoms with Crippen molar-refractivity contribution in [1.29, 1.82) is 0 Å². The first-order valence-electron chi connectivity index (χ1n) is 18.0. The van der Waals surface area contributed by atoms with Crippen LogP contribution in [0.5, 0.6) is 0 Å². The van der Waals surface area contributed by atoms with E-state index in [2.05, 4.69) is 206 Å². The molecule has 10 aromatic carbocycles. The van der Waals surface area contributed by atoms with Crippen LogP contribution >= 0.6 is 0 Å². The summed E-state index contributed by atoms with van der Waals surface area (Å²) in [6.07, 6.45) is 0. The fourth-order valence-corrected chi connectivity index (χ4v) is 8.03. The molecule has 0 aliphatic heterocycles. The Bertz CT molecular complexity index is 2940. The van der Waals surface area contributed by atoms with Crippen molar-refractivity contribution >= 4 is 43.1 Å². The van der Waals surface area contributed by atoms with E-state index in [1.807, 2.05) is 0 Å². The molecule has 242 valence electrons. The van der Waals surface area contributed by atoms with Gasteiger partial charge in [-0.25, -0.2) is 0 Å². The second kappa shape index (κ2) is 12.5. The lowest BCUT2D eigenvalue weighted by Crippen LogP contribution is -1.93. The van der Waals surface area contributed by atoms with Crippen LogP contribution in [-0.2, 0) is 0 Å². The highest BCUT2D eigenvalue weighted by atomic mass is 14.2. The fourth-order valence-electron chi connectivity index (χ4n) is 8.03. The summed E-state index contributed by atoms with van der Waals surface area (Å²) < 4.78 is 0. The monoisotopic (exact) mass is 658 g/mol. The van der Waals surface area contributed by atoms with Gasteiger partial charge in [-0.05, 0) is 129 Å². The topological polar surface area (TPSA) is 0 Å². The van der Waals surface area contributed by atoms with Crippen molar-refractivity contribution in [1.82, 2.24) is 0 Å². The minimum absolute atomic E-state index is 1.21. The highest BCUT2D eigenvalue weighted by Crippen LogP contribution is 2.46. The molecule has 10 rings (SSSR count). The number of benzene rings is 10. The lowest BCUT2D eigenvalue weighted by atomic mass is 9.83. The van der Waals surface area contributed by atoms with Crippen LogP contribution in [0.4, 0.5) is 0 Å². The summed E-state index contributed by atoms with van der Waals surface area (Å²) in [5.41, 5.74) is 12.3. The average molecular weight is 659 g/mol. The first-order chi connectivity index (χ1) is 25.8. The zero-order chi connectivity index (χ0) is 34.4. The zero-order valence-corrected chi connectivity index (χ0v) is 28.6. The van der Waals surface area contributed by atoms with Crippen LogP contribution in [-0.4, -0.2) is 0 Å². The maximum Gasteiger partial charge on any atom is -0.00201 e. The van der Waals surface area contributed by atoms with Gasteiger partial charge in [0.1, 0.15) is 0 Å². The molecule has 0 saturated carbocycles. The molecule has 0 N–H and O–H groups in total. The van der Waals surface area contributed by atoms with Crippen LogP contribution in [0.1, 0.15) is 0 Å². The smallest absolute Gasteiger partial charge is 0.00201 e. The van der Waals surface area contributed by atoms with Gasteiger partial charge in [0, 0.05) is 0 Å². The zero-order valence-electron chi connectivity index (χ0n) is 28.6. The normalized spacial score (nSPS) is 11.5. The Kier molecular flexibility index (Phi) is 7.25. The summed E-state index contributed by atoms with van der Waals surface area (Å²) in [6, 6.07) is 75.7. The highest BCUT2D eigenvalue weighted by Gasteiger charge is 2.19. The van der Waals surface area contributed by atoms with Gasteiger partial charge >= 0.3 is 0 Å². The summed E-state index contributed by atoms with van der Waals surface area (Å²) in [6.45, 7) is 0. The summed E-state index contributed by atoms with van der Waals surface area (Å²) in [5, 5.41) is 10.1. The lowest BCUT2D eigenvalue weighted by molar-refractivity contribution is 1.60. The Morgan fingerprint density at radius 3 is 0.981 bits per heavy atom. The van der Waals surface area contributed by atoms with Gasteiger partial charge in [-0.3, -0.25) is 0 Å². The summed E-state index contributed by atoms with van der Waals surface area (Å²) in [5.74, 6) is 0. The number of hydrogen-bond donors (Lipinski definition) is 0. The third kappa shape index (κ3) is 5.25. The van der Waals surface area contributed by atoms with Gasteiger partial charge in [-0.2, -0.15) is 0 Å². The maximum absolute atomic E-state index is 2.42. The summed E-state index contributed by atoms with van der Waals surface area (Å²) in [4.78, 5) is 0. The van der Waals surface area contributed by atoms with E-state index in [1.54, 1.807) is 0 Å². The van der Waals surface area contributed by atoms with Gasteiger partial charge < -0.3 is 0 Å². The van der Waals surface area contributed by atoms with Crippen molar-refractivity contribution in [2.75, 3.05) is 0 Å². The van der Waals surface area contributed by atoms with Crippen LogP contribution < -0.4 is 0 Å². The second-order valence-electron chi connectivity index (χ2n) is 13.7. The molecular weight excluding hydrogens is 625 g/mol. The number of rotatable bonds is 5. The molecular formula is C52H34. The van der Waals surface area contributed by atoms with Crippen molar-refractivity contribution in [2.24, 2.45) is 0 Å². The average Bonchev–Trinajstić information content (AvgIpc) is 3.23. The molecule has 0 aliphatic rings. The van der Waals surface area contributed by atoms with E-state index in [0.717, 1.165) is 0 Å². The minimum atomic E-state index is 1.21. The van der Waals surface area contributed by atoms with Crippen molar-refractivity contribution < 1.29 is 0 Å². The third-order valence-corrected chi connectivity index (χ3v) is 10.6. The molecule has 0 amide bonds. The Labute approximate surface area is 303 Å². The maximum atomic E-state index is 2.42. The van der Waals surface area contributed by atoms with Crippen molar-refractivity contribution in [3.63, 3.8) is 0 Å². The molecule has 0 radical (unpaired) electrons. The predicted molar refractivity (Wildman–Crippen MR) is 224 cm³/mol. The molecule has 52 heavy (non-hydrogen) atoms. The molecule has 0 heteroatoms. The molecule has 0 spiro atoms. The second-order valence-corrected chi connectivity index (χ2v) is 13.7. The summed E-state index contributed by atoms with van der Waals surface area (Å²) >= 11 is 0. The first kappa shape index (κ1) is 30.1. The van der Waals surface area contributed by atoms with Crippen LogP contribution in [0.2, 0.25) is 0 Å². The molecule has 0 heterocycles. The van der Waals surface area contributed by atoms with Crippen molar-refractivity contribution in [2.45, 2.75) is 0 Å². The minimum Gasteiger partial charge on any atom is -0.0622 e. The molecule has 0 aliphatic carbocycles. The van der Waals surface area contributed by atoms with Crippen molar-refractivity contribution in [3.8, 4) is 55.6 Å².